The molecule has 4 aromatic rings. The first kappa shape index (κ1) is 18.6. The van der Waals surface area contributed by atoms with Gasteiger partial charge in [0.1, 0.15) is 0 Å². The van der Waals surface area contributed by atoms with Crippen molar-refractivity contribution in [3.8, 4) is 22.9 Å². The third-order valence-corrected chi connectivity index (χ3v) is 5.26. The van der Waals surface area contributed by atoms with Gasteiger partial charge in [0.25, 0.3) is 11.3 Å². The minimum Gasteiger partial charge on any atom is -0.490 e. The summed E-state index contributed by atoms with van der Waals surface area (Å²) in [6.45, 7) is 6.24. The second-order valence-corrected chi connectivity index (χ2v) is 7.91. The fraction of sp³-hybridized carbons (Fsp3) is 0.364. The Hall–Kier alpha value is -3.42. The number of aromatic nitrogens is 5. The van der Waals surface area contributed by atoms with Crippen LogP contribution in [0.4, 0.5) is 0 Å². The van der Waals surface area contributed by atoms with Crippen molar-refractivity contribution in [1.29, 1.82) is 0 Å². The maximum absolute atomic E-state index is 12.9. The first-order chi connectivity index (χ1) is 14.6. The van der Waals surface area contributed by atoms with Gasteiger partial charge in [0.05, 0.1) is 24.1 Å². The van der Waals surface area contributed by atoms with Gasteiger partial charge in [-0.2, -0.15) is 9.50 Å². The number of fused-ring (bicyclic) bond motifs is 4. The van der Waals surface area contributed by atoms with Crippen molar-refractivity contribution in [2.45, 2.75) is 33.2 Å². The summed E-state index contributed by atoms with van der Waals surface area (Å²) >= 11 is 0. The molecular weight excluding hydrogens is 382 g/mol. The molecule has 0 fully saturated rings. The van der Waals surface area contributed by atoms with E-state index in [0.717, 1.165) is 24.2 Å². The lowest BCUT2D eigenvalue weighted by Crippen LogP contribution is -2.21. The molecule has 0 amide bonds. The van der Waals surface area contributed by atoms with Crippen LogP contribution >= 0.6 is 0 Å². The molecule has 154 valence electrons. The van der Waals surface area contributed by atoms with Gasteiger partial charge in [0.2, 0.25) is 0 Å². The highest BCUT2D eigenvalue weighted by Crippen LogP contribution is 2.33. The van der Waals surface area contributed by atoms with E-state index in [4.69, 9.17) is 9.47 Å². The number of aryl methyl sites for hydroxylation is 1. The molecule has 4 heterocycles. The Morgan fingerprint density at radius 1 is 1.13 bits per heavy atom. The van der Waals surface area contributed by atoms with Crippen LogP contribution in [-0.2, 0) is 6.54 Å². The van der Waals surface area contributed by atoms with Gasteiger partial charge in [-0.05, 0) is 36.6 Å². The molecule has 30 heavy (non-hydrogen) atoms. The van der Waals surface area contributed by atoms with E-state index in [-0.39, 0.29) is 5.56 Å². The summed E-state index contributed by atoms with van der Waals surface area (Å²) in [6.07, 6.45) is 5.20. The lowest BCUT2D eigenvalue weighted by atomic mass is 10.1. The molecule has 0 saturated heterocycles. The van der Waals surface area contributed by atoms with E-state index < -0.39 is 0 Å². The number of ether oxygens (including phenoxy) is 2. The highest BCUT2D eigenvalue weighted by atomic mass is 16.5. The molecule has 0 spiro atoms. The molecule has 3 aromatic heterocycles. The number of hydrogen-bond acceptors (Lipinski definition) is 6. The maximum Gasteiger partial charge on any atom is 0.261 e. The molecule has 0 saturated carbocycles. The Labute approximate surface area is 173 Å². The highest BCUT2D eigenvalue weighted by molar-refractivity contribution is 5.79. The molecule has 1 aliphatic heterocycles. The molecule has 0 aliphatic carbocycles. The first-order valence-electron chi connectivity index (χ1n) is 10.2. The van der Waals surface area contributed by atoms with Gasteiger partial charge in [-0.3, -0.25) is 4.79 Å². The van der Waals surface area contributed by atoms with E-state index >= 15 is 0 Å². The second-order valence-electron chi connectivity index (χ2n) is 7.91. The molecule has 0 atom stereocenters. The molecule has 1 aromatic carbocycles. The number of benzene rings is 1. The average molecular weight is 405 g/mol. The number of hydrogen-bond donors (Lipinski definition) is 0. The van der Waals surface area contributed by atoms with Gasteiger partial charge in [0.15, 0.2) is 17.3 Å². The van der Waals surface area contributed by atoms with Crippen molar-refractivity contribution in [2.75, 3.05) is 13.2 Å². The van der Waals surface area contributed by atoms with Gasteiger partial charge in [0, 0.05) is 30.9 Å². The quantitative estimate of drug-likeness (QED) is 0.518. The summed E-state index contributed by atoms with van der Waals surface area (Å²) in [5.74, 6) is 2.92. The summed E-state index contributed by atoms with van der Waals surface area (Å²) in [7, 11) is 0. The van der Waals surface area contributed by atoms with E-state index in [1.165, 1.54) is 0 Å². The zero-order chi connectivity index (χ0) is 20.7. The normalized spacial score (nSPS) is 13.8. The largest absolute Gasteiger partial charge is 0.490 e. The second kappa shape index (κ2) is 7.44. The van der Waals surface area contributed by atoms with E-state index in [0.29, 0.717) is 53.9 Å². The van der Waals surface area contributed by atoms with Crippen LogP contribution in [0.1, 0.15) is 26.7 Å². The zero-order valence-corrected chi connectivity index (χ0v) is 17.0. The molecule has 0 unspecified atom stereocenters. The van der Waals surface area contributed by atoms with E-state index in [9.17, 15) is 4.79 Å². The van der Waals surface area contributed by atoms with Crippen molar-refractivity contribution in [3.63, 3.8) is 0 Å². The summed E-state index contributed by atoms with van der Waals surface area (Å²) in [6, 6.07) is 7.57. The predicted octanol–water partition coefficient (Wildman–Crippen LogP) is 3.31. The van der Waals surface area contributed by atoms with Crippen LogP contribution in [0, 0.1) is 5.92 Å². The Balaban J connectivity index is 1.57. The zero-order valence-electron chi connectivity index (χ0n) is 17.0. The fourth-order valence-electron chi connectivity index (χ4n) is 3.56. The molecule has 0 bridgehead atoms. The van der Waals surface area contributed by atoms with E-state index in [1.54, 1.807) is 15.3 Å². The van der Waals surface area contributed by atoms with E-state index in [1.807, 2.05) is 30.5 Å². The van der Waals surface area contributed by atoms with Crippen LogP contribution in [-0.4, -0.2) is 37.4 Å². The first-order valence-corrected chi connectivity index (χ1v) is 10.2. The van der Waals surface area contributed by atoms with Crippen molar-refractivity contribution in [2.24, 2.45) is 5.92 Å². The van der Waals surface area contributed by atoms with Gasteiger partial charge >= 0.3 is 0 Å². The molecule has 8 nitrogen and oxygen atoms in total. The molecule has 1 aliphatic rings. The Bertz CT molecular complexity index is 1290. The summed E-state index contributed by atoms with van der Waals surface area (Å²) in [4.78, 5) is 21.8. The smallest absolute Gasteiger partial charge is 0.261 e. The van der Waals surface area contributed by atoms with Crippen molar-refractivity contribution < 1.29 is 9.47 Å². The van der Waals surface area contributed by atoms with Crippen LogP contribution < -0.4 is 15.0 Å². The number of rotatable bonds is 4. The minimum absolute atomic E-state index is 0.0600. The summed E-state index contributed by atoms with van der Waals surface area (Å²) in [5.41, 5.74) is 1.44. The lowest BCUT2D eigenvalue weighted by Gasteiger charge is -2.09. The van der Waals surface area contributed by atoms with Crippen LogP contribution in [0.2, 0.25) is 0 Å². The average Bonchev–Trinajstić information content (AvgIpc) is 3.04. The topological polar surface area (TPSA) is 83.5 Å². The molecule has 0 radical (unpaired) electrons. The fourth-order valence-corrected chi connectivity index (χ4v) is 3.56. The Morgan fingerprint density at radius 2 is 1.97 bits per heavy atom. The third kappa shape index (κ3) is 3.28. The standard InChI is InChI=1S/C22H23N5O3/c1-14(2)6-8-26-9-7-17-16(21(26)28)13-23-22-24-20(25-27(17)22)15-4-5-18-19(12-15)30-11-3-10-29-18/h4-5,7,9,12-14H,3,6,8,10-11H2,1-2H3. The van der Waals surface area contributed by atoms with Crippen molar-refractivity contribution in [1.82, 2.24) is 24.1 Å². The van der Waals surface area contributed by atoms with E-state index in [2.05, 4.69) is 28.9 Å². The minimum atomic E-state index is -0.0600. The van der Waals surface area contributed by atoms with Gasteiger partial charge in [-0.25, -0.2) is 4.98 Å². The SMILES string of the molecule is CC(C)CCn1ccc2c(cnc3nc(-c4ccc5c(c4)OCCCO5)nn32)c1=O. The van der Waals surface area contributed by atoms with Crippen LogP contribution in [0.15, 0.2) is 41.5 Å². The Kier molecular flexibility index (Phi) is 4.61. The monoisotopic (exact) mass is 405 g/mol. The highest BCUT2D eigenvalue weighted by Gasteiger charge is 2.16. The number of pyridine rings is 1. The van der Waals surface area contributed by atoms with Crippen molar-refractivity contribution in [3.05, 3.63) is 47.0 Å². The van der Waals surface area contributed by atoms with Gasteiger partial charge in [-0.1, -0.05) is 13.8 Å². The van der Waals surface area contributed by atoms with Gasteiger partial charge < -0.3 is 14.0 Å². The van der Waals surface area contributed by atoms with Crippen molar-refractivity contribution >= 4 is 16.7 Å². The molecular formula is C22H23N5O3. The number of nitrogens with zero attached hydrogens (tertiary/aromatic N) is 5. The van der Waals surface area contributed by atoms with Gasteiger partial charge in [-0.15, -0.1) is 5.10 Å². The molecule has 0 N–H and O–H groups in total. The third-order valence-electron chi connectivity index (χ3n) is 5.26. The lowest BCUT2D eigenvalue weighted by molar-refractivity contribution is 0.297. The molecule has 5 rings (SSSR count). The summed E-state index contributed by atoms with van der Waals surface area (Å²) in [5, 5.41) is 5.16. The van der Waals surface area contributed by atoms with Crippen LogP contribution in [0.3, 0.4) is 0 Å². The Morgan fingerprint density at radius 3 is 2.80 bits per heavy atom. The summed E-state index contributed by atoms with van der Waals surface area (Å²) < 4.78 is 14.8. The maximum atomic E-state index is 12.9. The van der Waals surface area contributed by atoms with Crippen LogP contribution in [0.25, 0.3) is 28.1 Å². The predicted molar refractivity (Wildman–Crippen MR) is 113 cm³/mol. The molecule has 8 heteroatoms. The van der Waals surface area contributed by atoms with Crippen LogP contribution in [0.5, 0.6) is 11.5 Å².